The fourth-order valence-electron chi connectivity index (χ4n) is 2.71. The van der Waals surface area contributed by atoms with Crippen molar-refractivity contribution < 1.29 is 0 Å². The van der Waals surface area contributed by atoms with Crippen molar-refractivity contribution in [3.05, 3.63) is 24.3 Å². The highest BCUT2D eigenvalue weighted by Gasteiger charge is 2.39. The minimum atomic E-state index is 0.0381. The topological polar surface area (TPSA) is 51.8 Å². The zero-order chi connectivity index (χ0) is 10.9. The Morgan fingerprint density at radius 3 is 2.80 bits per heavy atom. The minimum Gasteiger partial charge on any atom is -0.322 e. The Morgan fingerprint density at radius 1 is 1.47 bits per heavy atom. The Bertz CT molecular complexity index is 321. The average Bonchev–Trinajstić information content (AvgIpc) is 2.58. The van der Waals surface area contributed by atoms with Crippen molar-refractivity contribution in [3.63, 3.8) is 0 Å². The van der Waals surface area contributed by atoms with Gasteiger partial charge in [0.1, 0.15) is 0 Å². The van der Waals surface area contributed by atoms with Gasteiger partial charge in [-0.3, -0.25) is 9.97 Å². The smallest absolute Gasteiger partial charge is 0.0756 e. The number of nitrogens with zero attached hydrogens (tertiary/aromatic N) is 2. The first-order valence-corrected chi connectivity index (χ1v) is 5.63. The standard InChI is InChI=1S/C12H19N3/c1-12(2)5-3-4-9(12)11(13)10-8-14-6-7-15-10/h6-9,11H,3-5,13H2,1-2H3. The molecule has 2 unspecified atom stereocenters. The van der Waals surface area contributed by atoms with Crippen LogP contribution >= 0.6 is 0 Å². The van der Waals surface area contributed by atoms with Crippen LogP contribution in [0.5, 0.6) is 0 Å². The van der Waals surface area contributed by atoms with Gasteiger partial charge in [0, 0.05) is 18.6 Å². The van der Waals surface area contributed by atoms with Crippen molar-refractivity contribution in [3.8, 4) is 0 Å². The molecule has 1 aliphatic carbocycles. The molecule has 15 heavy (non-hydrogen) atoms. The van der Waals surface area contributed by atoms with E-state index in [0.717, 1.165) is 5.69 Å². The second-order valence-electron chi connectivity index (χ2n) is 5.14. The van der Waals surface area contributed by atoms with Crippen LogP contribution in [-0.2, 0) is 0 Å². The van der Waals surface area contributed by atoms with Crippen LogP contribution in [0, 0.1) is 11.3 Å². The number of nitrogens with two attached hydrogens (primary N) is 1. The molecule has 0 saturated heterocycles. The molecule has 0 radical (unpaired) electrons. The normalized spacial score (nSPS) is 26.5. The summed E-state index contributed by atoms with van der Waals surface area (Å²) < 4.78 is 0. The van der Waals surface area contributed by atoms with Gasteiger partial charge in [0.25, 0.3) is 0 Å². The summed E-state index contributed by atoms with van der Waals surface area (Å²) in [6.07, 6.45) is 8.97. The van der Waals surface area contributed by atoms with Gasteiger partial charge in [0.15, 0.2) is 0 Å². The third kappa shape index (κ3) is 2.02. The maximum atomic E-state index is 6.27. The summed E-state index contributed by atoms with van der Waals surface area (Å²) in [7, 11) is 0. The van der Waals surface area contributed by atoms with Crippen molar-refractivity contribution in [1.82, 2.24) is 9.97 Å². The van der Waals surface area contributed by atoms with Crippen molar-refractivity contribution in [1.29, 1.82) is 0 Å². The van der Waals surface area contributed by atoms with E-state index >= 15 is 0 Å². The van der Waals surface area contributed by atoms with E-state index in [4.69, 9.17) is 5.73 Å². The van der Waals surface area contributed by atoms with Crippen LogP contribution in [0.1, 0.15) is 44.8 Å². The first-order chi connectivity index (χ1) is 7.11. The molecule has 1 aromatic heterocycles. The van der Waals surface area contributed by atoms with E-state index in [1.54, 1.807) is 18.6 Å². The van der Waals surface area contributed by atoms with Gasteiger partial charge in [-0.15, -0.1) is 0 Å². The van der Waals surface area contributed by atoms with Gasteiger partial charge in [0.05, 0.1) is 11.7 Å². The fraction of sp³-hybridized carbons (Fsp3) is 0.667. The Hall–Kier alpha value is -0.960. The molecular weight excluding hydrogens is 186 g/mol. The van der Waals surface area contributed by atoms with Gasteiger partial charge < -0.3 is 5.73 Å². The Kier molecular flexibility index (Phi) is 2.74. The van der Waals surface area contributed by atoms with Crippen LogP contribution < -0.4 is 5.73 Å². The molecule has 1 aliphatic rings. The lowest BCUT2D eigenvalue weighted by atomic mass is 9.77. The quantitative estimate of drug-likeness (QED) is 0.806. The van der Waals surface area contributed by atoms with Gasteiger partial charge in [-0.2, -0.15) is 0 Å². The summed E-state index contributed by atoms with van der Waals surface area (Å²) in [6.45, 7) is 4.61. The van der Waals surface area contributed by atoms with E-state index in [2.05, 4.69) is 23.8 Å². The van der Waals surface area contributed by atoms with Crippen molar-refractivity contribution in [2.75, 3.05) is 0 Å². The van der Waals surface area contributed by atoms with Crippen molar-refractivity contribution in [2.24, 2.45) is 17.1 Å². The SMILES string of the molecule is CC1(C)CCCC1C(N)c1cnccn1. The van der Waals surface area contributed by atoms with Gasteiger partial charge in [-0.05, 0) is 24.2 Å². The Morgan fingerprint density at radius 2 is 2.27 bits per heavy atom. The van der Waals surface area contributed by atoms with Crippen molar-refractivity contribution in [2.45, 2.75) is 39.2 Å². The molecule has 1 saturated carbocycles. The lowest BCUT2D eigenvalue weighted by Crippen LogP contribution is -2.30. The largest absolute Gasteiger partial charge is 0.322 e. The van der Waals surface area contributed by atoms with Crippen LogP contribution in [-0.4, -0.2) is 9.97 Å². The number of hydrogen-bond donors (Lipinski definition) is 1. The maximum Gasteiger partial charge on any atom is 0.0756 e. The predicted octanol–water partition coefficient (Wildman–Crippen LogP) is 2.30. The van der Waals surface area contributed by atoms with E-state index < -0.39 is 0 Å². The fourth-order valence-corrected chi connectivity index (χ4v) is 2.71. The van der Waals surface area contributed by atoms with Crippen LogP contribution in [0.3, 0.4) is 0 Å². The molecule has 0 spiro atoms. The third-order valence-corrected chi connectivity index (χ3v) is 3.70. The zero-order valence-electron chi connectivity index (χ0n) is 9.48. The summed E-state index contributed by atoms with van der Waals surface area (Å²) in [6, 6.07) is 0.0381. The average molecular weight is 205 g/mol. The molecule has 2 N–H and O–H groups in total. The summed E-state index contributed by atoms with van der Waals surface area (Å²) in [4.78, 5) is 8.38. The summed E-state index contributed by atoms with van der Waals surface area (Å²) in [5, 5.41) is 0. The molecule has 2 rings (SSSR count). The minimum absolute atomic E-state index is 0.0381. The Labute approximate surface area is 91.1 Å². The molecule has 3 heteroatoms. The van der Waals surface area contributed by atoms with Crippen molar-refractivity contribution >= 4 is 0 Å². The van der Waals surface area contributed by atoms with Gasteiger partial charge in [-0.25, -0.2) is 0 Å². The first-order valence-electron chi connectivity index (χ1n) is 5.63. The van der Waals surface area contributed by atoms with Crippen LogP contribution in [0.2, 0.25) is 0 Å². The molecule has 1 fully saturated rings. The van der Waals surface area contributed by atoms with Crippen LogP contribution in [0.25, 0.3) is 0 Å². The molecule has 3 nitrogen and oxygen atoms in total. The highest BCUT2D eigenvalue weighted by Crippen LogP contribution is 2.47. The molecular formula is C12H19N3. The van der Waals surface area contributed by atoms with Gasteiger partial charge in [0.2, 0.25) is 0 Å². The third-order valence-electron chi connectivity index (χ3n) is 3.70. The molecule has 2 atom stereocenters. The Balaban J connectivity index is 2.18. The maximum absolute atomic E-state index is 6.27. The predicted molar refractivity (Wildman–Crippen MR) is 60.1 cm³/mol. The lowest BCUT2D eigenvalue weighted by Gasteiger charge is -2.31. The van der Waals surface area contributed by atoms with E-state index in [1.165, 1.54) is 19.3 Å². The molecule has 0 amide bonds. The highest BCUT2D eigenvalue weighted by atomic mass is 14.8. The number of rotatable bonds is 2. The summed E-state index contributed by atoms with van der Waals surface area (Å²) in [5.74, 6) is 0.536. The number of hydrogen-bond acceptors (Lipinski definition) is 3. The molecule has 0 bridgehead atoms. The van der Waals surface area contributed by atoms with Crippen LogP contribution in [0.15, 0.2) is 18.6 Å². The molecule has 0 aliphatic heterocycles. The van der Waals surface area contributed by atoms with E-state index in [9.17, 15) is 0 Å². The number of aromatic nitrogens is 2. The molecule has 82 valence electrons. The van der Waals surface area contributed by atoms with E-state index in [1.807, 2.05) is 0 Å². The zero-order valence-corrected chi connectivity index (χ0v) is 9.48. The van der Waals surface area contributed by atoms with Gasteiger partial charge in [-0.1, -0.05) is 20.3 Å². The second kappa shape index (κ2) is 3.89. The monoisotopic (exact) mass is 205 g/mol. The highest BCUT2D eigenvalue weighted by molar-refractivity contribution is 5.06. The molecule has 1 heterocycles. The van der Waals surface area contributed by atoms with E-state index in [0.29, 0.717) is 11.3 Å². The second-order valence-corrected chi connectivity index (χ2v) is 5.14. The summed E-state index contributed by atoms with van der Waals surface area (Å²) in [5.41, 5.74) is 7.55. The molecule has 1 aromatic rings. The lowest BCUT2D eigenvalue weighted by molar-refractivity contribution is 0.219. The van der Waals surface area contributed by atoms with Gasteiger partial charge >= 0.3 is 0 Å². The van der Waals surface area contributed by atoms with E-state index in [-0.39, 0.29) is 6.04 Å². The molecule has 0 aromatic carbocycles. The first kappa shape index (κ1) is 10.6. The van der Waals surface area contributed by atoms with Crippen LogP contribution in [0.4, 0.5) is 0 Å². The summed E-state index contributed by atoms with van der Waals surface area (Å²) >= 11 is 0.